The van der Waals surface area contributed by atoms with E-state index in [1.807, 2.05) is 0 Å². The number of carbonyl (C=O) groups excluding carboxylic acids is 1. The first-order chi connectivity index (χ1) is 9.02. The Hall–Kier alpha value is -2.14. The van der Waals surface area contributed by atoms with E-state index in [4.69, 9.17) is 16.3 Å². The van der Waals surface area contributed by atoms with Crippen LogP contribution >= 0.6 is 11.6 Å². The van der Waals surface area contributed by atoms with E-state index in [1.54, 1.807) is 31.2 Å². The fourth-order valence-corrected chi connectivity index (χ4v) is 1.88. The van der Waals surface area contributed by atoms with Gasteiger partial charge >= 0.3 is 11.7 Å². The summed E-state index contributed by atoms with van der Waals surface area (Å²) in [5.74, 6) is -0.550. The summed E-state index contributed by atoms with van der Waals surface area (Å²) in [5.41, 5.74) is 1.04. The van der Waals surface area contributed by atoms with Crippen molar-refractivity contribution in [3.05, 3.63) is 51.0 Å². The highest BCUT2D eigenvalue weighted by molar-refractivity contribution is 6.30. The van der Waals surface area contributed by atoms with Gasteiger partial charge in [0, 0.05) is 16.3 Å². The van der Waals surface area contributed by atoms with Crippen LogP contribution in [0.25, 0.3) is 11.3 Å². The number of benzene rings is 1. The number of esters is 1. The Labute approximate surface area is 114 Å². The summed E-state index contributed by atoms with van der Waals surface area (Å²) in [5, 5.41) is 0.560. The first-order valence-corrected chi connectivity index (χ1v) is 5.86. The zero-order valence-corrected chi connectivity index (χ0v) is 11.1. The summed E-state index contributed by atoms with van der Waals surface area (Å²) in [4.78, 5) is 29.6. The Bertz CT molecular complexity index is 677. The van der Waals surface area contributed by atoms with Gasteiger partial charge in [0.1, 0.15) is 5.56 Å². The minimum atomic E-state index is -0.550. The first kappa shape index (κ1) is 13.3. The van der Waals surface area contributed by atoms with Crippen LogP contribution in [0, 0.1) is 6.92 Å². The number of methoxy groups -OCH3 is 1. The van der Waals surface area contributed by atoms with Crippen molar-refractivity contribution in [2.45, 2.75) is 6.92 Å². The van der Waals surface area contributed by atoms with Crippen LogP contribution in [0.1, 0.15) is 16.1 Å². The lowest BCUT2D eigenvalue weighted by molar-refractivity contribution is 0.0599. The molecule has 0 bridgehead atoms. The molecule has 0 aliphatic carbocycles. The zero-order chi connectivity index (χ0) is 14.0. The fraction of sp³-hybridized carbons (Fsp3) is 0.154. The first-order valence-electron chi connectivity index (χ1n) is 5.48. The van der Waals surface area contributed by atoms with Crippen molar-refractivity contribution >= 4 is 17.6 Å². The van der Waals surface area contributed by atoms with Crippen molar-refractivity contribution in [1.82, 2.24) is 9.97 Å². The zero-order valence-electron chi connectivity index (χ0n) is 10.4. The maximum atomic E-state index is 11.8. The molecule has 98 valence electrons. The molecule has 1 aromatic heterocycles. The SMILES string of the molecule is COC(=O)c1c(-c2ccc(Cl)cc2)nc(=O)[nH]c1C. The Morgan fingerprint density at radius 2 is 1.95 bits per heavy atom. The van der Waals surface area contributed by atoms with Gasteiger partial charge in [-0.15, -0.1) is 0 Å². The number of aryl methyl sites for hydroxylation is 1. The van der Waals surface area contributed by atoms with Crippen LogP contribution < -0.4 is 5.69 Å². The average Bonchev–Trinajstić information content (AvgIpc) is 2.38. The molecule has 0 saturated carbocycles. The molecule has 0 amide bonds. The summed E-state index contributed by atoms with van der Waals surface area (Å²) < 4.78 is 4.72. The van der Waals surface area contributed by atoms with Crippen LogP contribution in [-0.4, -0.2) is 23.0 Å². The summed E-state index contributed by atoms with van der Waals surface area (Å²) >= 11 is 5.81. The van der Waals surface area contributed by atoms with E-state index in [0.717, 1.165) is 0 Å². The third-order valence-electron chi connectivity index (χ3n) is 2.63. The predicted octanol–water partition coefficient (Wildman–Crippen LogP) is 2.19. The molecule has 2 rings (SSSR count). The van der Waals surface area contributed by atoms with Crippen molar-refractivity contribution < 1.29 is 9.53 Å². The number of aromatic amines is 1. The van der Waals surface area contributed by atoms with Gasteiger partial charge < -0.3 is 9.72 Å². The number of H-pyrrole nitrogens is 1. The minimum Gasteiger partial charge on any atom is -0.465 e. The van der Waals surface area contributed by atoms with Crippen LogP contribution in [0.2, 0.25) is 5.02 Å². The van der Waals surface area contributed by atoms with Gasteiger partial charge in [0.05, 0.1) is 12.8 Å². The molecule has 0 unspecified atom stereocenters. The number of carbonyl (C=O) groups is 1. The molecule has 1 heterocycles. The largest absolute Gasteiger partial charge is 0.465 e. The van der Waals surface area contributed by atoms with Crippen LogP contribution in [0.4, 0.5) is 0 Å². The van der Waals surface area contributed by atoms with Gasteiger partial charge in [-0.2, -0.15) is 4.98 Å². The highest BCUT2D eigenvalue weighted by atomic mass is 35.5. The molecule has 1 aromatic carbocycles. The van der Waals surface area contributed by atoms with E-state index in [-0.39, 0.29) is 11.3 Å². The molecule has 0 spiro atoms. The highest BCUT2D eigenvalue weighted by Gasteiger charge is 2.19. The molecule has 0 atom stereocenters. The van der Waals surface area contributed by atoms with Gasteiger partial charge in [0.25, 0.3) is 0 Å². The topological polar surface area (TPSA) is 72.0 Å². The third kappa shape index (κ3) is 2.66. The van der Waals surface area contributed by atoms with Crippen molar-refractivity contribution in [3.63, 3.8) is 0 Å². The standard InChI is InChI=1S/C13H11ClN2O3/c1-7-10(12(17)19-2)11(16-13(18)15-7)8-3-5-9(14)6-4-8/h3-6H,1-2H3,(H,15,16,18). The van der Waals surface area contributed by atoms with E-state index in [9.17, 15) is 9.59 Å². The molecule has 2 aromatic rings. The van der Waals surface area contributed by atoms with Crippen molar-refractivity contribution in [2.24, 2.45) is 0 Å². The van der Waals surface area contributed by atoms with Crippen molar-refractivity contribution in [1.29, 1.82) is 0 Å². The normalized spacial score (nSPS) is 10.3. The van der Waals surface area contributed by atoms with Gasteiger partial charge in [0.15, 0.2) is 0 Å². The molecular formula is C13H11ClN2O3. The quantitative estimate of drug-likeness (QED) is 0.855. The van der Waals surface area contributed by atoms with E-state index >= 15 is 0 Å². The number of nitrogens with zero attached hydrogens (tertiary/aromatic N) is 1. The molecule has 6 heteroatoms. The van der Waals surface area contributed by atoms with Crippen molar-refractivity contribution in [3.8, 4) is 11.3 Å². The van der Waals surface area contributed by atoms with Crippen LogP contribution in [-0.2, 0) is 4.74 Å². The maximum Gasteiger partial charge on any atom is 0.345 e. The Morgan fingerprint density at radius 1 is 1.32 bits per heavy atom. The summed E-state index contributed by atoms with van der Waals surface area (Å²) in [7, 11) is 1.28. The minimum absolute atomic E-state index is 0.240. The lowest BCUT2D eigenvalue weighted by Crippen LogP contribution is -2.19. The van der Waals surface area contributed by atoms with E-state index in [2.05, 4.69) is 9.97 Å². The maximum absolute atomic E-state index is 11.8. The van der Waals surface area contributed by atoms with Gasteiger partial charge in [-0.1, -0.05) is 23.7 Å². The van der Waals surface area contributed by atoms with E-state index in [0.29, 0.717) is 16.3 Å². The lowest BCUT2D eigenvalue weighted by atomic mass is 10.0. The second kappa shape index (κ2) is 5.24. The molecule has 0 aliphatic rings. The second-order valence-corrected chi connectivity index (χ2v) is 4.33. The van der Waals surface area contributed by atoms with Crippen LogP contribution in [0.3, 0.4) is 0 Å². The number of ether oxygens (including phenoxy) is 1. The van der Waals surface area contributed by atoms with E-state index < -0.39 is 11.7 Å². The summed E-state index contributed by atoms with van der Waals surface area (Å²) in [6.07, 6.45) is 0. The molecule has 0 fully saturated rings. The van der Waals surface area contributed by atoms with Gasteiger partial charge in [-0.3, -0.25) is 0 Å². The Balaban J connectivity index is 2.70. The highest BCUT2D eigenvalue weighted by Crippen LogP contribution is 2.24. The van der Waals surface area contributed by atoms with Crippen LogP contribution in [0.5, 0.6) is 0 Å². The number of hydrogen-bond donors (Lipinski definition) is 1. The summed E-state index contributed by atoms with van der Waals surface area (Å²) in [6, 6.07) is 6.71. The lowest BCUT2D eigenvalue weighted by Gasteiger charge is -2.09. The third-order valence-corrected chi connectivity index (χ3v) is 2.88. The number of halogens is 1. The summed E-state index contributed by atoms with van der Waals surface area (Å²) in [6.45, 7) is 1.62. The van der Waals surface area contributed by atoms with Crippen LogP contribution in [0.15, 0.2) is 29.1 Å². The number of aromatic nitrogens is 2. The Morgan fingerprint density at radius 3 is 2.53 bits per heavy atom. The van der Waals surface area contributed by atoms with Crippen molar-refractivity contribution in [2.75, 3.05) is 7.11 Å². The molecular weight excluding hydrogens is 268 g/mol. The van der Waals surface area contributed by atoms with E-state index in [1.165, 1.54) is 7.11 Å². The predicted molar refractivity (Wildman–Crippen MR) is 71.4 cm³/mol. The number of nitrogens with one attached hydrogen (secondary N) is 1. The second-order valence-electron chi connectivity index (χ2n) is 3.89. The molecule has 0 radical (unpaired) electrons. The van der Waals surface area contributed by atoms with Gasteiger partial charge in [-0.25, -0.2) is 9.59 Å². The Kier molecular flexibility index (Phi) is 3.66. The molecule has 5 nitrogen and oxygen atoms in total. The van der Waals surface area contributed by atoms with Gasteiger partial charge in [0.2, 0.25) is 0 Å². The fourth-order valence-electron chi connectivity index (χ4n) is 1.75. The molecule has 0 saturated heterocycles. The molecule has 1 N–H and O–H groups in total. The molecule has 0 aliphatic heterocycles. The van der Waals surface area contributed by atoms with Gasteiger partial charge in [-0.05, 0) is 19.1 Å². The smallest absolute Gasteiger partial charge is 0.345 e. The molecule has 19 heavy (non-hydrogen) atoms. The number of hydrogen-bond acceptors (Lipinski definition) is 4. The number of rotatable bonds is 2. The average molecular weight is 279 g/mol. The monoisotopic (exact) mass is 278 g/mol.